The number of ether oxygens (including phenoxy) is 1. The molecule has 1 N–H and O–H groups in total. The molecule has 1 aromatic carbocycles. The Kier molecular flexibility index (Phi) is 5.32. The summed E-state index contributed by atoms with van der Waals surface area (Å²) in [6.45, 7) is 6.56. The maximum Gasteiger partial charge on any atom is 0.274 e. The fourth-order valence-electron chi connectivity index (χ4n) is 4.09. The van der Waals surface area contributed by atoms with Gasteiger partial charge < -0.3 is 15.0 Å². The monoisotopic (exact) mass is 440 g/mol. The van der Waals surface area contributed by atoms with E-state index in [2.05, 4.69) is 40.6 Å². The van der Waals surface area contributed by atoms with Gasteiger partial charge >= 0.3 is 0 Å². The molecule has 4 heterocycles. The molecule has 6 nitrogen and oxygen atoms in total. The van der Waals surface area contributed by atoms with Crippen LogP contribution in [0.1, 0.15) is 34.9 Å². The van der Waals surface area contributed by atoms with Gasteiger partial charge in [0.2, 0.25) is 0 Å². The fourth-order valence-corrected chi connectivity index (χ4v) is 5.86. The highest BCUT2D eigenvalue weighted by Gasteiger charge is 2.30. The van der Waals surface area contributed by atoms with Crippen molar-refractivity contribution in [1.29, 1.82) is 0 Å². The van der Waals surface area contributed by atoms with Gasteiger partial charge in [-0.15, -0.1) is 22.7 Å². The number of imidazole rings is 1. The van der Waals surface area contributed by atoms with E-state index < -0.39 is 0 Å². The Hall–Kier alpha value is -2.26. The number of nitrogens with zero attached hydrogens (tertiary/aromatic N) is 3. The lowest BCUT2D eigenvalue weighted by molar-refractivity contribution is -0.0587. The lowest BCUT2D eigenvalue weighted by atomic mass is 10.2. The molecule has 4 aromatic rings. The molecule has 0 radical (unpaired) electrons. The van der Waals surface area contributed by atoms with Gasteiger partial charge in [-0.05, 0) is 31.4 Å². The second-order valence-corrected chi connectivity index (χ2v) is 9.83. The minimum Gasteiger partial charge on any atom is -0.372 e. The Morgan fingerprint density at radius 2 is 2.03 bits per heavy atom. The first kappa shape index (κ1) is 19.7. The highest BCUT2D eigenvalue weighted by Crippen LogP contribution is 2.25. The second kappa shape index (κ2) is 8.11. The van der Waals surface area contributed by atoms with E-state index >= 15 is 0 Å². The molecule has 1 aliphatic rings. The van der Waals surface area contributed by atoms with E-state index in [4.69, 9.17) is 4.74 Å². The van der Waals surface area contributed by atoms with Crippen LogP contribution in [0.5, 0.6) is 0 Å². The van der Waals surface area contributed by atoms with Crippen LogP contribution in [-0.4, -0.2) is 45.5 Å². The molecule has 0 unspecified atom stereocenters. The van der Waals surface area contributed by atoms with Crippen molar-refractivity contribution in [1.82, 2.24) is 19.6 Å². The fraction of sp³-hybridized carbons (Fsp3) is 0.364. The van der Waals surface area contributed by atoms with Crippen molar-refractivity contribution in [2.45, 2.75) is 39.1 Å². The third kappa shape index (κ3) is 3.76. The summed E-state index contributed by atoms with van der Waals surface area (Å²) in [4.78, 5) is 22.0. The number of aromatic nitrogens is 2. The largest absolute Gasteiger partial charge is 0.372 e. The van der Waals surface area contributed by atoms with E-state index in [-0.39, 0.29) is 18.1 Å². The lowest BCUT2D eigenvalue weighted by Gasteiger charge is -2.35. The molecule has 0 spiro atoms. The molecule has 156 valence electrons. The van der Waals surface area contributed by atoms with E-state index in [0.29, 0.717) is 25.3 Å². The van der Waals surface area contributed by atoms with Gasteiger partial charge in [0.05, 0.1) is 17.9 Å². The highest BCUT2D eigenvalue weighted by molar-refractivity contribution is 7.19. The van der Waals surface area contributed by atoms with Crippen LogP contribution in [0.25, 0.3) is 15.0 Å². The number of thiophene rings is 1. The number of morpholine rings is 1. The highest BCUT2D eigenvalue weighted by atomic mass is 32.1. The van der Waals surface area contributed by atoms with E-state index in [1.54, 1.807) is 22.7 Å². The van der Waals surface area contributed by atoms with Crippen LogP contribution < -0.4 is 5.32 Å². The molecule has 1 fully saturated rings. The quantitative estimate of drug-likeness (QED) is 0.507. The summed E-state index contributed by atoms with van der Waals surface area (Å²) >= 11 is 3.35. The molecule has 3 aromatic heterocycles. The molecular weight excluding hydrogens is 416 g/mol. The van der Waals surface area contributed by atoms with Crippen LogP contribution >= 0.6 is 22.7 Å². The van der Waals surface area contributed by atoms with Gasteiger partial charge in [-0.1, -0.05) is 18.2 Å². The van der Waals surface area contributed by atoms with Gasteiger partial charge in [-0.25, -0.2) is 4.98 Å². The summed E-state index contributed by atoms with van der Waals surface area (Å²) in [5.41, 5.74) is 1.47. The topological polar surface area (TPSA) is 58.9 Å². The predicted molar refractivity (Wildman–Crippen MR) is 121 cm³/mol. The van der Waals surface area contributed by atoms with Crippen LogP contribution in [0.3, 0.4) is 0 Å². The van der Waals surface area contributed by atoms with Gasteiger partial charge in [0.1, 0.15) is 0 Å². The van der Waals surface area contributed by atoms with E-state index in [0.717, 1.165) is 17.2 Å². The first-order valence-electron chi connectivity index (χ1n) is 10.2. The van der Waals surface area contributed by atoms with Gasteiger partial charge in [0.15, 0.2) is 10.7 Å². The van der Waals surface area contributed by atoms with Crippen molar-refractivity contribution < 1.29 is 9.53 Å². The summed E-state index contributed by atoms with van der Waals surface area (Å²) < 4.78 is 9.11. The Bertz CT molecular complexity index is 1150. The molecular formula is C22H24N4O2S2. The third-order valence-electron chi connectivity index (χ3n) is 5.34. The average molecular weight is 441 g/mol. The Labute approximate surface area is 183 Å². The maximum atomic E-state index is 13.3. The van der Waals surface area contributed by atoms with Crippen LogP contribution in [0.4, 0.5) is 0 Å². The smallest absolute Gasteiger partial charge is 0.274 e. The molecule has 1 aliphatic heterocycles. The zero-order valence-corrected chi connectivity index (χ0v) is 18.6. The van der Waals surface area contributed by atoms with Crippen molar-refractivity contribution in [3.63, 3.8) is 0 Å². The number of nitrogens with one attached hydrogen (secondary N) is 1. The van der Waals surface area contributed by atoms with Crippen molar-refractivity contribution in [2.75, 3.05) is 13.1 Å². The first-order valence-corrected chi connectivity index (χ1v) is 11.9. The summed E-state index contributed by atoms with van der Waals surface area (Å²) in [6, 6.07) is 10.7. The molecule has 0 bridgehead atoms. The maximum absolute atomic E-state index is 13.3. The SMILES string of the molecule is C[C@@H]1CN(C(=O)c2nc3sccn3c2CNCc2cc3ccccc3s2)C[C@H](C)O1. The number of hydrogen-bond donors (Lipinski definition) is 1. The van der Waals surface area contributed by atoms with Gasteiger partial charge in [0.25, 0.3) is 5.91 Å². The number of fused-ring (bicyclic) bond motifs is 2. The first-order chi connectivity index (χ1) is 14.6. The molecule has 0 saturated carbocycles. The third-order valence-corrected chi connectivity index (χ3v) is 7.21. The number of carbonyl (C=O) groups excluding carboxylic acids is 1. The number of hydrogen-bond acceptors (Lipinski definition) is 6. The van der Waals surface area contributed by atoms with Crippen LogP contribution in [-0.2, 0) is 17.8 Å². The van der Waals surface area contributed by atoms with Crippen LogP contribution in [0.2, 0.25) is 0 Å². The molecule has 2 atom stereocenters. The van der Waals surface area contributed by atoms with Crippen LogP contribution in [0, 0.1) is 0 Å². The van der Waals surface area contributed by atoms with Crippen molar-refractivity contribution in [3.8, 4) is 0 Å². The predicted octanol–water partition coefficient (Wildman–Crippen LogP) is 4.15. The van der Waals surface area contributed by atoms with E-state index in [1.165, 1.54) is 15.0 Å². The average Bonchev–Trinajstić information content (AvgIpc) is 3.41. The molecule has 30 heavy (non-hydrogen) atoms. The summed E-state index contributed by atoms with van der Waals surface area (Å²) in [7, 11) is 0. The summed E-state index contributed by atoms with van der Waals surface area (Å²) in [6.07, 6.45) is 2.07. The molecule has 1 saturated heterocycles. The Morgan fingerprint density at radius 3 is 2.83 bits per heavy atom. The van der Waals surface area contributed by atoms with Crippen LogP contribution in [0.15, 0.2) is 41.9 Å². The molecule has 5 rings (SSSR count). The minimum atomic E-state index is -0.00781. The molecule has 1 amide bonds. The Morgan fingerprint density at radius 1 is 1.23 bits per heavy atom. The zero-order chi connectivity index (χ0) is 20.7. The van der Waals surface area contributed by atoms with Crippen molar-refractivity contribution in [3.05, 3.63) is 58.2 Å². The zero-order valence-electron chi connectivity index (χ0n) is 17.0. The number of benzene rings is 1. The summed E-state index contributed by atoms with van der Waals surface area (Å²) in [5, 5.41) is 6.80. The minimum absolute atomic E-state index is 0.00781. The van der Waals surface area contributed by atoms with Gasteiger partial charge in [-0.2, -0.15) is 0 Å². The number of carbonyl (C=O) groups is 1. The number of amides is 1. The lowest BCUT2D eigenvalue weighted by Crippen LogP contribution is -2.48. The summed E-state index contributed by atoms with van der Waals surface area (Å²) in [5.74, 6) is -0.00781. The van der Waals surface area contributed by atoms with E-state index in [9.17, 15) is 4.79 Å². The molecule has 8 heteroatoms. The van der Waals surface area contributed by atoms with Crippen molar-refractivity contribution >= 4 is 43.6 Å². The Balaban J connectivity index is 1.35. The van der Waals surface area contributed by atoms with Crippen molar-refractivity contribution in [2.24, 2.45) is 0 Å². The van der Waals surface area contributed by atoms with Gasteiger partial charge in [-0.3, -0.25) is 9.20 Å². The normalized spacial score (nSPS) is 19.7. The standard InChI is InChI=1S/C22H24N4O2S2/c1-14-12-25(13-15(2)28-14)21(27)20-18(26-7-8-29-22(26)24-20)11-23-10-17-9-16-5-3-4-6-19(16)30-17/h3-9,14-15,23H,10-13H2,1-2H3/t14-,15+. The number of thiazole rings is 1. The van der Waals surface area contributed by atoms with Gasteiger partial charge in [0, 0.05) is 47.3 Å². The van der Waals surface area contributed by atoms with E-state index in [1.807, 2.05) is 34.7 Å². The molecule has 0 aliphatic carbocycles. The number of rotatable bonds is 5. The second-order valence-electron chi connectivity index (χ2n) is 7.78.